The highest BCUT2D eigenvalue weighted by Crippen LogP contribution is 2.25. The van der Waals surface area contributed by atoms with Crippen LogP contribution >= 0.6 is 15.9 Å². The third kappa shape index (κ3) is 2.95. The van der Waals surface area contributed by atoms with Crippen LogP contribution in [0.3, 0.4) is 0 Å². The van der Waals surface area contributed by atoms with Crippen molar-refractivity contribution in [3.63, 3.8) is 0 Å². The van der Waals surface area contributed by atoms with Crippen LogP contribution in [0.25, 0.3) is 0 Å². The molecule has 3 heteroatoms. The maximum absolute atomic E-state index is 3.60. The molecule has 0 spiro atoms. The van der Waals surface area contributed by atoms with Gasteiger partial charge in [-0.3, -0.25) is 0 Å². The van der Waals surface area contributed by atoms with E-state index in [2.05, 4.69) is 51.7 Å². The third-order valence-corrected chi connectivity index (χ3v) is 3.48. The van der Waals surface area contributed by atoms with Crippen LogP contribution in [-0.4, -0.2) is 19.1 Å². The van der Waals surface area contributed by atoms with E-state index in [1.54, 1.807) is 0 Å². The zero-order valence-electron chi connectivity index (χ0n) is 9.02. The van der Waals surface area contributed by atoms with Crippen molar-refractivity contribution in [2.75, 3.05) is 18.4 Å². The third-order valence-electron chi connectivity index (χ3n) is 2.82. The number of benzene rings is 1. The Hall–Kier alpha value is -0.540. The molecule has 1 aromatic rings. The van der Waals surface area contributed by atoms with Gasteiger partial charge >= 0.3 is 0 Å². The molecule has 82 valence electrons. The summed E-state index contributed by atoms with van der Waals surface area (Å²) in [5.41, 5.74) is 2.50. The van der Waals surface area contributed by atoms with Gasteiger partial charge in [-0.2, -0.15) is 0 Å². The quantitative estimate of drug-likeness (QED) is 0.862. The first-order valence-electron chi connectivity index (χ1n) is 5.49. The maximum Gasteiger partial charge on any atom is 0.0486 e. The summed E-state index contributed by atoms with van der Waals surface area (Å²) >= 11 is 3.60. The van der Waals surface area contributed by atoms with Gasteiger partial charge in [0.2, 0.25) is 0 Å². The zero-order valence-corrected chi connectivity index (χ0v) is 10.6. The van der Waals surface area contributed by atoms with Gasteiger partial charge in [0.25, 0.3) is 0 Å². The molecule has 0 radical (unpaired) electrons. The average molecular weight is 269 g/mol. The normalized spacial score (nSPS) is 17.7. The second kappa shape index (κ2) is 4.99. The van der Waals surface area contributed by atoms with Crippen LogP contribution in [0.2, 0.25) is 0 Å². The lowest BCUT2D eigenvalue weighted by Crippen LogP contribution is -2.35. The van der Waals surface area contributed by atoms with Crippen LogP contribution in [0, 0.1) is 6.92 Å². The van der Waals surface area contributed by atoms with Gasteiger partial charge in [0, 0.05) is 16.2 Å². The minimum atomic E-state index is 0.616. The lowest BCUT2D eigenvalue weighted by Gasteiger charge is -2.25. The summed E-state index contributed by atoms with van der Waals surface area (Å²) < 4.78 is 1.17. The Morgan fingerprint density at radius 3 is 2.73 bits per heavy atom. The Morgan fingerprint density at radius 2 is 2.07 bits per heavy atom. The zero-order chi connectivity index (χ0) is 10.7. The fourth-order valence-corrected chi connectivity index (χ4v) is 2.53. The smallest absolute Gasteiger partial charge is 0.0486 e. The van der Waals surface area contributed by atoms with E-state index < -0.39 is 0 Å². The van der Waals surface area contributed by atoms with E-state index in [9.17, 15) is 0 Å². The Morgan fingerprint density at radius 1 is 1.33 bits per heavy atom. The topological polar surface area (TPSA) is 24.1 Å². The van der Waals surface area contributed by atoms with Crippen LogP contribution < -0.4 is 10.6 Å². The number of hydrogen-bond donors (Lipinski definition) is 2. The standard InChI is InChI=1S/C12H17BrN2/c1-9-2-3-12(11(13)8-9)15-10-4-6-14-7-5-10/h2-3,8,10,14-15H,4-7H2,1H3. The van der Waals surface area contributed by atoms with Crippen molar-refractivity contribution in [1.29, 1.82) is 0 Å². The largest absolute Gasteiger partial charge is 0.381 e. The van der Waals surface area contributed by atoms with E-state index >= 15 is 0 Å². The van der Waals surface area contributed by atoms with E-state index in [1.807, 2.05) is 0 Å². The highest BCUT2D eigenvalue weighted by molar-refractivity contribution is 9.10. The predicted octanol–water partition coefficient (Wildman–Crippen LogP) is 2.92. The molecule has 1 aliphatic heterocycles. The average Bonchev–Trinajstić information content (AvgIpc) is 2.24. The fourth-order valence-electron chi connectivity index (χ4n) is 1.92. The molecule has 2 N–H and O–H groups in total. The van der Waals surface area contributed by atoms with E-state index in [0.29, 0.717) is 6.04 Å². The van der Waals surface area contributed by atoms with Gasteiger partial charge in [0.15, 0.2) is 0 Å². The molecule has 1 heterocycles. The van der Waals surface area contributed by atoms with Gasteiger partial charge in [-0.1, -0.05) is 6.07 Å². The van der Waals surface area contributed by atoms with Crippen molar-refractivity contribution in [3.8, 4) is 0 Å². The number of hydrogen-bond acceptors (Lipinski definition) is 2. The number of nitrogens with one attached hydrogen (secondary N) is 2. The van der Waals surface area contributed by atoms with Crippen LogP contribution in [-0.2, 0) is 0 Å². The van der Waals surface area contributed by atoms with Crippen LogP contribution in [0.5, 0.6) is 0 Å². The summed E-state index contributed by atoms with van der Waals surface area (Å²) in [6, 6.07) is 7.07. The van der Waals surface area contributed by atoms with Crippen molar-refractivity contribution >= 4 is 21.6 Å². The molecule has 15 heavy (non-hydrogen) atoms. The minimum Gasteiger partial charge on any atom is -0.381 e. The van der Waals surface area contributed by atoms with E-state index in [0.717, 1.165) is 13.1 Å². The summed E-state index contributed by atoms with van der Waals surface area (Å²) in [5.74, 6) is 0. The Balaban J connectivity index is 2.03. The predicted molar refractivity (Wildman–Crippen MR) is 68.4 cm³/mol. The summed E-state index contributed by atoms with van der Waals surface area (Å²) in [6.07, 6.45) is 2.42. The van der Waals surface area contributed by atoms with Crippen molar-refractivity contribution in [2.45, 2.75) is 25.8 Å². The number of rotatable bonds is 2. The molecular formula is C12H17BrN2. The molecule has 1 saturated heterocycles. The maximum atomic E-state index is 3.60. The first-order valence-corrected chi connectivity index (χ1v) is 6.28. The van der Waals surface area contributed by atoms with Crippen molar-refractivity contribution in [1.82, 2.24) is 5.32 Å². The minimum absolute atomic E-state index is 0.616. The lowest BCUT2D eigenvalue weighted by molar-refractivity contribution is 0.479. The molecule has 1 aromatic carbocycles. The molecule has 1 aliphatic rings. The van der Waals surface area contributed by atoms with Crippen molar-refractivity contribution < 1.29 is 0 Å². The number of anilines is 1. The van der Waals surface area contributed by atoms with Crippen molar-refractivity contribution in [2.24, 2.45) is 0 Å². The molecular weight excluding hydrogens is 252 g/mol. The Labute approximate surface area is 99.6 Å². The first kappa shape index (κ1) is 11.0. The second-order valence-electron chi connectivity index (χ2n) is 4.15. The first-order chi connectivity index (χ1) is 7.25. The number of piperidine rings is 1. The van der Waals surface area contributed by atoms with E-state index in [-0.39, 0.29) is 0 Å². The molecule has 0 atom stereocenters. The number of aryl methyl sites for hydroxylation is 1. The molecule has 0 aromatic heterocycles. The molecule has 0 aliphatic carbocycles. The van der Waals surface area contributed by atoms with E-state index in [4.69, 9.17) is 0 Å². The highest BCUT2D eigenvalue weighted by Gasteiger charge is 2.13. The molecule has 0 unspecified atom stereocenters. The monoisotopic (exact) mass is 268 g/mol. The van der Waals surface area contributed by atoms with Crippen LogP contribution in [0.15, 0.2) is 22.7 Å². The second-order valence-corrected chi connectivity index (χ2v) is 5.01. The van der Waals surface area contributed by atoms with Gasteiger partial charge in [-0.25, -0.2) is 0 Å². The molecule has 1 fully saturated rings. The highest BCUT2D eigenvalue weighted by atomic mass is 79.9. The van der Waals surface area contributed by atoms with Gasteiger partial charge in [0.1, 0.15) is 0 Å². The van der Waals surface area contributed by atoms with Crippen LogP contribution in [0.4, 0.5) is 5.69 Å². The fraction of sp³-hybridized carbons (Fsp3) is 0.500. The summed E-state index contributed by atoms with van der Waals surface area (Å²) in [6.45, 7) is 4.36. The number of halogens is 1. The molecule has 0 saturated carbocycles. The molecule has 0 bridgehead atoms. The summed E-state index contributed by atoms with van der Waals surface area (Å²) in [4.78, 5) is 0. The van der Waals surface area contributed by atoms with Gasteiger partial charge < -0.3 is 10.6 Å². The molecule has 0 amide bonds. The summed E-state index contributed by atoms with van der Waals surface area (Å²) in [7, 11) is 0. The van der Waals surface area contributed by atoms with Gasteiger partial charge in [-0.05, 0) is 66.5 Å². The molecule has 2 rings (SSSR count). The molecule has 2 nitrogen and oxygen atoms in total. The summed E-state index contributed by atoms with van der Waals surface area (Å²) in [5, 5.41) is 6.96. The Bertz CT molecular complexity index is 332. The van der Waals surface area contributed by atoms with E-state index in [1.165, 1.54) is 28.6 Å². The van der Waals surface area contributed by atoms with Crippen LogP contribution in [0.1, 0.15) is 18.4 Å². The van der Waals surface area contributed by atoms with Crippen molar-refractivity contribution in [3.05, 3.63) is 28.2 Å². The lowest BCUT2D eigenvalue weighted by atomic mass is 10.1. The Kier molecular flexibility index (Phi) is 3.65. The van der Waals surface area contributed by atoms with Gasteiger partial charge in [-0.15, -0.1) is 0 Å². The van der Waals surface area contributed by atoms with Gasteiger partial charge in [0.05, 0.1) is 0 Å². The SMILES string of the molecule is Cc1ccc(NC2CCNCC2)c(Br)c1.